The first-order valence-corrected chi connectivity index (χ1v) is 32.9. The van der Waals surface area contributed by atoms with Gasteiger partial charge in [0, 0.05) is 53.5 Å². The summed E-state index contributed by atoms with van der Waals surface area (Å²) in [5, 5.41) is 22.0. The molecule has 91 heavy (non-hydrogen) atoms. The van der Waals surface area contributed by atoms with Crippen molar-refractivity contribution in [2.75, 3.05) is 105 Å². The molecule has 24 heteroatoms. The van der Waals surface area contributed by atoms with Crippen molar-refractivity contribution in [3.05, 3.63) is 121 Å². The summed E-state index contributed by atoms with van der Waals surface area (Å²) in [6, 6.07) is 16.1. The highest BCUT2D eigenvalue weighted by Crippen LogP contribution is 2.46. The molecule has 1 unspecified atom stereocenters. The number of furan rings is 3. The highest BCUT2D eigenvalue weighted by atomic mass is 32.2. The number of amides is 1. The molecule has 0 bridgehead atoms. The number of ether oxygens (including phenoxy) is 6. The summed E-state index contributed by atoms with van der Waals surface area (Å²) in [4.78, 5) is 48.6. The Hall–Kier alpha value is -5.51. The molecule has 0 radical (unpaired) electrons. The van der Waals surface area contributed by atoms with Gasteiger partial charge in [-0.15, -0.1) is 0 Å². The number of aldehydes is 1. The van der Waals surface area contributed by atoms with Crippen LogP contribution in [0.3, 0.4) is 0 Å². The van der Waals surface area contributed by atoms with Gasteiger partial charge in [0.2, 0.25) is 10.9 Å². The number of aliphatic hydroxyl groups is 1. The summed E-state index contributed by atoms with van der Waals surface area (Å²) in [6.45, 7) is 37.8. The summed E-state index contributed by atoms with van der Waals surface area (Å²) in [5.41, 5.74) is 5.40. The van der Waals surface area contributed by atoms with Crippen LogP contribution in [0.1, 0.15) is 152 Å². The number of carbonyl (C=O) groups is 2. The van der Waals surface area contributed by atoms with Gasteiger partial charge in [-0.1, -0.05) is 40.7 Å². The minimum absolute atomic E-state index is 0.0148. The number of benzene rings is 1. The smallest absolute Gasteiger partial charge is 0.257 e. The van der Waals surface area contributed by atoms with Crippen molar-refractivity contribution in [1.82, 2.24) is 9.62 Å². The molecule has 5 aromatic rings. The van der Waals surface area contributed by atoms with Gasteiger partial charge in [-0.2, -0.15) is 4.40 Å². The second-order valence-corrected chi connectivity index (χ2v) is 32.9. The summed E-state index contributed by atoms with van der Waals surface area (Å²) in [7, 11) is 0.886. The van der Waals surface area contributed by atoms with Crippen molar-refractivity contribution in [2.24, 2.45) is 42.6 Å². The molecule has 11 rings (SSSR count). The lowest BCUT2D eigenvalue weighted by Gasteiger charge is -2.44. The molecule has 9 heterocycles. The average molecular weight is 1310 g/mol. The van der Waals surface area contributed by atoms with Crippen molar-refractivity contribution in [3.8, 4) is 5.75 Å². The van der Waals surface area contributed by atoms with Crippen LogP contribution < -0.4 is 26.6 Å². The number of para-hydroxylation sites is 1. The maximum atomic E-state index is 12.5. The fraction of sp³-hybridized carbons (Fsp3) is 0.627. The zero-order valence-corrected chi connectivity index (χ0v) is 57.9. The first-order chi connectivity index (χ1) is 42.3. The fourth-order valence-corrected chi connectivity index (χ4v) is 11.2. The van der Waals surface area contributed by atoms with Gasteiger partial charge in [0.25, 0.3) is 5.91 Å². The number of nitrogens with one attached hydrogen (secondary N) is 2. The molecular weight excluding hydrogens is 1210 g/mol. The van der Waals surface area contributed by atoms with Crippen LogP contribution in [0.2, 0.25) is 0 Å². The standard InChI is InChI=1S/C24H26N2O6.C14H23NO3S.C10H15NO2.C9H17NO2S.C5H10O2.C5H8O2/c1-13-8-9-18(32-13)16(24(2)11-31-12-24)10-15-19(22(29)21(15)28)25-17-7-5-6-14(20(17)27)23(30)26(3)4;1-10-6-7-11(18-10)12(14(5)8-17-9-14)15-19(16)13(2,3)4;1-7-3-4-8(13-7)9(11)10(2)5-12-6-10;1-8(2,3)13(11)10-5-9(4)6-12-7-9;2*1-5(2-6)3-7-4-5/h5-9,16,25,27H,10-12H2,1-4H3;6-7,12,15H,8-9H2,1-5H3;3-4,9H,5-6,11H2,1-2H3;5H,6-7H2,1-4H3;6H,2-4H2,1H3;2H,3-4H2,1H3/t;12-,19+;9-;13-;;/m.001../s1. The van der Waals surface area contributed by atoms with Crippen LogP contribution in [-0.4, -0.2) is 151 Å². The number of aryl methyl sites for hydroxylation is 3. The van der Waals surface area contributed by atoms with Gasteiger partial charge in [-0.25, -0.2) is 13.1 Å². The van der Waals surface area contributed by atoms with Gasteiger partial charge >= 0.3 is 0 Å². The third-order valence-electron chi connectivity index (χ3n) is 16.5. The van der Waals surface area contributed by atoms with Crippen molar-refractivity contribution in [1.29, 1.82) is 0 Å². The number of aromatic hydroxyl groups is 1. The molecule has 6 aliphatic heterocycles. The van der Waals surface area contributed by atoms with Crippen LogP contribution in [0.25, 0.3) is 0 Å². The number of aliphatic hydroxyl groups excluding tert-OH is 1. The molecule has 3 aromatic heterocycles. The molecule has 6 saturated heterocycles. The van der Waals surface area contributed by atoms with Crippen LogP contribution in [0.5, 0.6) is 5.75 Å². The molecule has 22 nitrogen and oxygen atoms in total. The molecule has 0 aliphatic carbocycles. The quantitative estimate of drug-likeness (QED) is 0.0251. The number of hydrogen-bond donors (Lipinski definition) is 5. The minimum Gasteiger partial charge on any atom is -0.505 e. The lowest BCUT2D eigenvalue weighted by atomic mass is 9.71. The second-order valence-electron chi connectivity index (χ2n) is 29.0. The first-order valence-electron chi connectivity index (χ1n) is 30.6. The number of rotatable bonds is 17. The maximum absolute atomic E-state index is 12.5. The normalized spacial score (nSPS) is 20.8. The lowest BCUT2D eigenvalue weighted by Crippen LogP contribution is -2.51. The summed E-state index contributed by atoms with van der Waals surface area (Å²) in [6.07, 6.45) is 3.03. The zero-order valence-electron chi connectivity index (χ0n) is 56.3. The molecular formula is C67H99N5O17S2. The highest BCUT2D eigenvalue weighted by Gasteiger charge is 2.47. The Labute approximate surface area is 540 Å². The van der Waals surface area contributed by atoms with E-state index in [1.54, 1.807) is 32.4 Å². The topological polar surface area (TPSA) is 303 Å². The number of phenolic OH excluding ortho intramolecular Hbond substituents is 1. The Bertz CT molecular complexity index is 3370. The first kappa shape index (κ1) is 74.5. The summed E-state index contributed by atoms with van der Waals surface area (Å²) in [5.74, 6) is 4.19. The van der Waals surface area contributed by atoms with Crippen LogP contribution in [0.4, 0.5) is 11.4 Å². The van der Waals surface area contributed by atoms with Gasteiger partial charge in [0.1, 0.15) is 51.8 Å². The number of phenols is 1. The number of nitrogens with zero attached hydrogens (tertiary/aromatic N) is 2. The molecule has 6 fully saturated rings. The van der Waals surface area contributed by atoms with E-state index in [4.69, 9.17) is 52.5 Å². The maximum Gasteiger partial charge on any atom is 0.257 e. The van der Waals surface area contributed by atoms with E-state index < -0.39 is 32.8 Å². The number of anilines is 2. The zero-order chi connectivity index (χ0) is 67.7. The van der Waals surface area contributed by atoms with E-state index >= 15 is 0 Å². The van der Waals surface area contributed by atoms with E-state index in [9.17, 15) is 32.7 Å². The van der Waals surface area contributed by atoms with Gasteiger partial charge in [-0.3, -0.25) is 14.4 Å². The van der Waals surface area contributed by atoms with Crippen LogP contribution >= 0.6 is 0 Å². The van der Waals surface area contributed by atoms with E-state index in [2.05, 4.69) is 42.1 Å². The summed E-state index contributed by atoms with van der Waals surface area (Å²) < 4.78 is 78.3. The molecule has 506 valence electrons. The molecule has 2 aromatic carbocycles. The average Bonchev–Trinajstić information content (AvgIpc) is 1.39. The fourth-order valence-electron chi connectivity index (χ4n) is 9.58. The van der Waals surface area contributed by atoms with Crippen molar-refractivity contribution in [3.63, 3.8) is 0 Å². The second kappa shape index (κ2) is 30.3. The van der Waals surface area contributed by atoms with E-state index in [1.807, 2.05) is 113 Å². The number of carbonyl (C=O) groups excluding carboxylic acids is 2. The number of nitrogens with two attached hydrogens (primary N) is 1. The monoisotopic (exact) mass is 1310 g/mol. The van der Waals surface area contributed by atoms with Crippen molar-refractivity contribution < 1.29 is 69.9 Å². The van der Waals surface area contributed by atoms with Crippen molar-refractivity contribution >= 4 is 51.8 Å². The largest absolute Gasteiger partial charge is 0.505 e. The van der Waals surface area contributed by atoms with E-state index in [0.717, 1.165) is 67.3 Å². The predicted molar refractivity (Wildman–Crippen MR) is 351 cm³/mol. The lowest BCUT2D eigenvalue weighted by molar-refractivity contribution is -0.141. The molecule has 6 N–H and O–H groups in total. The predicted octanol–water partition coefficient (Wildman–Crippen LogP) is 8.83. The Balaban J connectivity index is 0.000000190. The van der Waals surface area contributed by atoms with E-state index in [-0.39, 0.29) is 95.2 Å². The third kappa shape index (κ3) is 19.1. The minimum atomic E-state index is -1.14. The SMILES string of the molecule is CC1(C=N[S@](=O)C(C)(C)C)COC1.CC1(C=O)COC1.CC1(CO)COC1.Cc1ccc(C(Cc2c(Nc3cccc(C(=O)N(C)C)c3O)c(=O)c2=O)C2(C)COC2)o1.Cc1ccc([C@H](N)C2(C)COC2)o1.Cc1ccc([C@H](N[S@](=O)C(C)(C)C)C2(C)COC2)o1. The molecule has 0 saturated carbocycles. The van der Waals surface area contributed by atoms with Gasteiger partial charge in [0.05, 0.1) is 146 Å². The van der Waals surface area contributed by atoms with E-state index in [1.165, 1.54) is 11.0 Å². The van der Waals surface area contributed by atoms with Crippen molar-refractivity contribution in [2.45, 2.75) is 138 Å². The molecule has 1 amide bonds. The summed E-state index contributed by atoms with van der Waals surface area (Å²) >= 11 is 0. The van der Waals surface area contributed by atoms with Crippen LogP contribution in [-0.2, 0) is 61.6 Å². The third-order valence-corrected chi connectivity index (χ3v) is 19.4. The molecule has 0 spiro atoms. The van der Waals surface area contributed by atoms with Crippen LogP contribution in [0.15, 0.2) is 81.8 Å². The Morgan fingerprint density at radius 3 is 1.48 bits per heavy atom. The number of hydrogen-bond acceptors (Lipinski definition) is 19. The Morgan fingerprint density at radius 2 is 1.13 bits per heavy atom. The van der Waals surface area contributed by atoms with E-state index in [0.29, 0.717) is 64.8 Å². The highest BCUT2D eigenvalue weighted by molar-refractivity contribution is 7.85. The molecule has 5 atom stereocenters. The van der Waals surface area contributed by atoms with Crippen LogP contribution in [0, 0.1) is 53.3 Å². The Morgan fingerprint density at radius 1 is 0.659 bits per heavy atom. The van der Waals surface area contributed by atoms with Gasteiger partial charge in [-0.05, 0) is 124 Å². The Kier molecular flexibility index (Phi) is 24.8. The van der Waals surface area contributed by atoms with Gasteiger partial charge in [0.15, 0.2) is 5.75 Å². The molecule has 6 aliphatic rings. The van der Waals surface area contributed by atoms with Gasteiger partial charge < -0.3 is 72.6 Å².